The van der Waals surface area contributed by atoms with Crippen LogP contribution in [0, 0.1) is 23.7 Å². The second kappa shape index (κ2) is 17.3. The fraction of sp³-hybridized carbons (Fsp3) is 0.656. The maximum atomic E-state index is 13.9. The quantitative estimate of drug-likeness (QED) is 0.318. The van der Waals surface area contributed by atoms with Gasteiger partial charge in [0.25, 0.3) is 5.91 Å². The molecule has 0 aliphatic carbocycles. The molecule has 2 saturated heterocycles. The van der Waals surface area contributed by atoms with Crippen LogP contribution in [0.3, 0.4) is 0 Å². The Morgan fingerprint density at radius 3 is 2.37 bits per heavy atom. The summed E-state index contributed by atoms with van der Waals surface area (Å²) in [5.74, 6) is -1.86. The molecule has 2 heterocycles. The van der Waals surface area contributed by atoms with Gasteiger partial charge in [0.1, 0.15) is 0 Å². The lowest BCUT2D eigenvalue weighted by Gasteiger charge is -2.32. The van der Waals surface area contributed by atoms with E-state index in [4.69, 9.17) is 9.57 Å². The average Bonchev–Trinajstić information content (AvgIpc) is 3.46. The molecule has 9 heteroatoms. The van der Waals surface area contributed by atoms with Crippen molar-refractivity contribution in [2.75, 3.05) is 32.8 Å². The number of likely N-dealkylation sites (tertiary alicyclic amines) is 1. The molecule has 1 aromatic carbocycles. The Morgan fingerprint density at radius 2 is 1.73 bits per heavy atom. The topological polar surface area (TPSA) is 100 Å². The summed E-state index contributed by atoms with van der Waals surface area (Å²) in [6.07, 6.45) is 9.05. The van der Waals surface area contributed by atoms with E-state index in [0.29, 0.717) is 32.4 Å². The van der Waals surface area contributed by atoms with Gasteiger partial charge in [-0.25, -0.2) is 10.3 Å². The molecular formula is C32H50N4O5. The highest BCUT2D eigenvalue weighted by atomic mass is 16.8. The second-order valence-corrected chi connectivity index (χ2v) is 12.1. The van der Waals surface area contributed by atoms with Crippen LogP contribution in [0.2, 0.25) is 0 Å². The Bertz CT molecular complexity index is 972. The predicted octanol–water partition coefficient (Wildman–Crippen LogP) is 4.55. The van der Waals surface area contributed by atoms with Gasteiger partial charge in [-0.15, -0.1) is 0 Å². The number of carbonyl (C=O) groups excluding carboxylic acids is 3. The van der Waals surface area contributed by atoms with Crippen LogP contribution in [0.1, 0.15) is 78.2 Å². The van der Waals surface area contributed by atoms with Crippen molar-refractivity contribution < 1.29 is 24.0 Å². The number of amides is 3. The highest BCUT2D eigenvalue weighted by Gasteiger charge is 2.36. The highest BCUT2D eigenvalue weighted by molar-refractivity contribution is 5.89. The van der Waals surface area contributed by atoms with Gasteiger partial charge in [0, 0.05) is 19.6 Å². The van der Waals surface area contributed by atoms with Crippen LogP contribution in [0.25, 0.3) is 6.08 Å². The number of rotatable bonds is 14. The van der Waals surface area contributed by atoms with Crippen molar-refractivity contribution in [2.45, 2.75) is 78.9 Å². The average molecular weight is 571 g/mol. The molecule has 2 aliphatic rings. The lowest BCUT2D eigenvalue weighted by atomic mass is 9.82. The van der Waals surface area contributed by atoms with E-state index in [1.165, 1.54) is 5.01 Å². The number of ether oxygens (including phenoxy) is 1. The molecule has 9 nitrogen and oxygen atoms in total. The number of carbonyl (C=O) groups is 3. The molecule has 0 saturated carbocycles. The highest BCUT2D eigenvalue weighted by Crippen LogP contribution is 2.26. The summed E-state index contributed by atoms with van der Waals surface area (Å²) in [6, 6.07) is 9.85. The van der Waals surface area contributed by atoms with Crippen LogP contribution in [0.5, 0.6) is 0 Å². The zero-order chi connectivity index (χ0) is 29.6. The minimum atomic E-state index is -0.699. The largest absolute Gasteiger partial charge is 0.350 e. The maximum Gasteiger partial charge on any atom is 0.255 e. The van der Waals surface area contributed by atoms with Crippen molar-refractivity contribution in [1.82, 2.24) is 20.8 Å². The monoisotopic (exact) mass is 570 g/mol. The molecule has 2 unspecified atom stereocenters. The Kier molecular flexibility index (Phi) is 13.8. The molecule has 228 valence electrons. The van der Waals surface area contributed by atoms with Crippen molar-refractivity contribution in [3.8, 4) is 0 Å². The van der Waals surface area contributed by atoms with Gasteiger partial charge in [-0.05, 0) is 69.0 Å². The second-order valence-electron chi connectivity index (χ2n) is 12.1. The normalized spacial score (nSPS) is 19.4. The molecule has 0 bridgehead atoms. The first kappa shape index (κ1) is 32.8. The number of nitrogens with one attached hydrogen (secondary N) is 2. The third-order valence-electron chi connectivity index (χ3n) is 7.46. The van der Waals surface area contributed by atoms with Crippen LogP contribution < -0.4 is 10.9 Å². The van der Waals surface area contributed by atoms with E-state index in [-0.39, 0.29) is 36.1 Å². The first-order valence-corrected chi connectivity index (χ1v) is 15.3. The first-order valence-electron chi connectivity index (χ1n) is 15.3. The summed E-state index contributed by atoms with van der Waals surface area (Å²) in [4.78, 5) is 48.5. The van der Waals surface area contributed by atoms with E-state index in [1.54, 1.807) is 0 Å². The van der Waals surface area contributed by atoms with E-state index < -0.39 is 18.1 Å². The number of hydrazine groups is 1. The van der Waals surface area contributed by atoms with Crippen LogP contribution >= 0.6 is 0 Å². The summed E-state index contributed by atoms with van der Waals surface area (Å²) >= 11 is 0. The van der Waals surface area contributed by atoms with Crippen LogP contribution in [-0.2, 0) is 24.0 Å². The molecule has 0 spiro atoms. The number of nitrogens with zero attached hydrogens (tertiary/aromatic N) is 2. The molecule has 0 radical (unpaired) electrons. The standard InChI is InChI=1S/C32H50N4O5/c1-24(2)21-28(31(38)33-36(22-25(3)4)29(37)23-35-18-9-10-19-35)27(16-12-15-26-13-6-5-7-14-26)32(39)34-41-30-17-8-11-20-40-30/h5-7,12-15,24-25,27-28,30H,8-11,16-23H2,1-4H3,(H,33,38)(H,34,39)/t27-,28?,30?/m0/s1. The molecule has 2 fully saturated rings. The SMILES string of the molecule is CC(C)CC(C(=O)NN(CC(C)C)C(=O)CN1CCCC1)[C@H](CC=Cc1ccccc1)C(=O)NOC1CCCCO1. The van der Waals surface area contributed by atoms with Crippen molar-refractivity contribution in [2.24, 2.45) is 23.7 Å². The van der Waals surface area contributed by atoms with Crippen molar-refractivity contribution in [3.63, 3.8) is 0 Å². The van der Waals surface area contributed by atoms with Gasteiger partial charge in [-0.1, -0.05) is 70.2 Å². The molecule has 2 aliphatic heterocycles. The van der Waals surface area contributed by atoms with E-state index in [9.17, 15) is 14.4 Å². The Balaban J connectivity index is 1.78. The molecule has 0 aromatic heterocycles. The van der Waals surface area contributed by atoms with Gasteiger partial charge in [0.15, 0.2) is 6.29 Å². The van der Waals surface area contributed by atoms with Gasteiger partial charge in [0.2, 0.25) is 11.8 Å². The lowest BCUT2D eigenvalue weighted by Crippen LogP contribution is -2.54. The zero-order valence-corrected chi connectivity index (χ0v) is 25.3. The number of benzene rings is 1. The predicted molar refractivity (Wildman–Crippen MR) is 160 cm³/mol. The molecule has 3 amide bonds. The summed E-state index contributed by atoms with van der Waals surface area (Å²) in [5, 5.41) is 1.46. The third-order valence-corrected chi connectivity index (χ3v) is 7.46. The van der Waals surface area contributed by atoms with E-state index >= 15 is 0 Å². The minimum absolute atomic E-state index is 0.125. The molecule has 2 N–H and O–H groups in total. The fourth-order valence-corrected chi connectivity index (χ4v) is 5.34. The van der Waals surface area contributed by atoms with Gasteiger partial charge < -0.3 is 4.74 Å². The smallest absolute Gasteiger partial charge is 0.255 e. The first-order chi connectivity index (χ1) is 19.7. The zero-order valence-electron chi connectivity index (χ0n) is 25.3. The molecule has 3 atom stereocenters. The van der Waals surface area contributed by atoms with E-state index in [1.807, 2.05) is 70.2 Å². The van der Waals surface area contributed by atoms with Gasteiger partial charge in [-0.2, -0.15) is 0 Å². The third kappa shape index (κ3) is 11.6. The number of allylic oxidation sites excluding steroid dienone is 1. The molecular weight excluding hydrogens is 520 g/mol. The Hall–Kier alpha value is -2.75. The molecule has 3 rings (SSSR count). The van der Waals surface area contributed by atoms with Gasteiger partial charge >= 0.3 is 0 Å². The minimum Gasteiger partial charge on any atom is -0.350 e. The summed E-state index contributed by atoms with van der Waals surface area (Å²) in [6.45, 7) is 11.2. The van der Waals surface area contributed by atoms with Crippen LogP contribution in [-0.4, -0.2) is 66.7 Å². The van der Waals surface area contributed by atoms with Crippen LogP contribution in [0.15, 0.2) is 36.4 Å². The van der Waals surface area contributed by atoms with Gasteiger partial charge in [0.05, 0.1) is 18.4 Å². The fourth-order valence-electron chi connectivity index (χ4n) is 5.34. The Labute approximate surface area is 245 Å². The van der Waals surface area contributed by atoms with Crippen molar-refractivity contribution >= 4 is 23.8 Å². The summed E-state index contributed by atoms with van der Waals surface area (Å²) in [7, 11) is 0. The summed E-state index contributed by atoms with van der Waals surface area (Å²) < 4.78 is 5.61. The summed E-state index contributed by atoms with van der Waals surface area (Å²) in [5.41, 5.74) is 6.54. The molecule has 1 aromatic rings. The van der Waals surface area contributed by atoms with Crippen LogP contribution in [0.4, 0.5) is 0 Å². The van der Waals surface area contributed by atoms with Gasteiger partial charge in [-0.3, -0.25) is 29.7 Å². The molecule has 41 heavy (non-hydrogen) atoms. The number of hydroxylamine groups is 1. The van der Waals surface area contributed by atoms with Crippen molar-refractivity contribution in [1.29, 1.82) is 0 Å². The Morgan fingerprint density at radius 1 is 1.00 bits per heavy atom. The van der Waals surface area contributed by atoms with E-state index in [0.717, 1.165) is 44.3 Å². The lowest BCUT2D eigenvalue weighted by molar-refractivity contribution is -0.203. The number of hydrogen-bond donors (Lipinski definition) is 2. The van der Waals surface area contributed by atoms with E-state index in [2.05, 4.69) is 15.8 Å². The maximum absolute atomic E-state index is 13.9. The van der Waals surface area contributed by atoms with Crippen molar-refractivity contribution in [3.05, 3.63) is 42.0 Å². The number of hydrogen-bond acceptors (Lipinski definition) is 6.